The largest absolute Gasteiger partial charge is 0.320 e. The molecule has 5 nitrogen and oxygen atoms in total. The third-order valence-corrected chi connectivity index (χ3v) is 4.41. The molecule has 11 heteroatoms. The summed E-state index contributed by atoms with van der Waals surface area (Å²) in [7, 11) is 0. The van der Waals surface area contributed by atoms with Crippen molar-refractivity contribution in [3.05, 3.63) is 34.9 Å². The molecule has 0 saturated heterocycles. The summed E-state index contributed by atoms with van der Waals surface area (Å²) in [6, 6.07) is 0. The van der Waals surface area contributed by atoms with Crippen LogP contribution in [0.25, 0.3) is 0 Å². The number of aromatic nitrogens is 3. The van der Waals surface area contributed by atoms with Gasteiger partial charge >= 0.3 is 0 Å². The van der Waals surface area contributed by atoms with E-state index in [9.17, 15) is 26.7 Å². The number of hydrogen-bond acceptors (Lipinski definition) is 4. The van der Waals surface area contributed by atoms with Crippen LogP contribution >= 0.6 is 11.8 Å². The zero-order chi connectivity index (χ0) is 18.9. The van der Waals surface area contributed by atoms with Crippen LogP contribution in [0.5, 0.6) is 0 Å². The van der Waals surface area contributed by atoms with Gasteiger partial charge in [0.05, 0.1) is 5.25 Å². The van der Waals surface area contributed by atoms with Gasteiger partial charge in [-0.05, 0) is 20.8 Å². The fourth-order valence-corrected chi connectivity index (χ4v) is 2.92. The number of aryl methyl sites for hydroxylation is 1. The van der Waals surface area contributed by atoms with Gasteiger partial charge in [0.15, 0.2) is 28.4 Å². The zero-order valence-corrected chi connectivity index (χ0v) is 14.1. The minimum absolute atomic E-state index is 0.389. The number of benzene rings is 1. The zero-order valence-electron chi connectivity index (χ0n) is 13.3. The molecule has 1 N–H and O–H groups in total. The summed E-state index contributed by atoms with van der Waals surface area (Å²) in [6.45, 7) is 5.48. The molecule has 2 aromatic rings. The van der Waals surface area contributed by atoms with Gasteiger partial charge in [0.1, 0.15) is 11.5 Å². The third kappa shape index (κ3) is 3.60. The molecule has 0 saturated carbocycles. The molecule has 1 aromatic heterocycles. The second kappa shape index (κ2) is 7.38. The number of amides is 1. The Balaban J connectivity index is 2.22. The van der Waals surface area contributed by atoms with Gasteiger partial charge in [-0.15, -0.1) is 10.2 Å². The highest BCUT2D eigenvalue weighted by Crippen LogP contribution is 2.29. The first kappa shape index (κ1) is 19.2. The molecule has 25 heavy (non-hydrogen) atoms. The molecule has 0 spiro atoms. The maximum atomic E-state index is 13.6. The Labute approximate surface area is 143 Å². The highest BCUT2D eigenvalue weighted by molar-refractivity contribution is 8.00. The molecule has 0 aliphatic carbocycles. The van der Waals surface area contributed by atoms with Crippen LogP contribution in [0.2, 0.25) is 0 Å². The molecule has 1 unspecified atom stereocenters. The summed E-state index contributed by atoms with van der Waals surface area (Å²) >= 11 is 0.937. The Kier molecular flexibility index (Phi) is 5.65. The molecule has 136 valence electrons. The van der Waals surface area contributed by atoms with Crippen molar-refractivity contribution in [1.82, 2.24) is 14.8 Å². The second-order valence-corrected chi connectivity index (χ2v) is 6.28. The first-order valence-corrected chi connectivity index (χ1v) is 7.95. The van der Waals surface area contributed by atoms with Crippen molar-refractivity contribution in [3.63, 3.8) is 0 Å². The number of carbonyl (C=O) groups is 1. The lowest BCUT2D eigenvalue weighted by atomic mass is 10.2. The van der Waals surface area contributed by atoms with E-state index in [0.29, 0.717) is 17.5 Å². The Hall–Kier alpha value is -2.17. The lowest BCUT2D eigenvalue weighted by molar-refractivity contribution is -0.115. The van der Waals surface area contributed by atoms with E-state index in [-0.39, 0.29) is 0 Å². The second-order valence-electron chi connectivity index (χ2n) is 4.97. The standard InChI is InChI=1S/C14H13F5N4OS/c1-4-23-6(3)21-22-14(23)25-5(2)13(24)20-12-10(18)8(16)7(15)9(17)11(12)19/h5H,4H2,1-3H3,(H,20,24). The first-order chi connectivity index (χ1) is 11.7. The first-order valence-electron chi connectivity index (χ1n) is 7.07. The molecule has 1 amide bonds. The van der Waals surface area contributed by atoms with Crippen LogP contribution < -0.4 is 5.32 Å². The summed E-state index contributed by atoms with van der Waals surface area (Å²) < 4.78 is 68.2. The molecule has 1 aromatic carbocycles. The summed E-state index contributed by atoms with van der Waals surface area (Å²) in [5.41, 5.74) is -1.39. The van der Waals surface area contributed by atoms with Gasteiger partial charge in [-0.2, -0.15) is 0 Å². The number of nitrogens with one attached hydrogen (secondary N) is 1. The van der Waals surface area contributed by atoms with E-state index in [0.717, 1.165) is 11.8 Å². The van der Waals surface area contributed by atoms with Crippen LogP contribution in [0.1, 0.15) is 19.7 Å². The minimum atomic E-state index is -2.29. The van der Waals surface area contributed by atoms with Gasteiger partial charge in [-0.3, -0.25) is 4.79 Å². The molecular formula is C14H13F5N4OS. The van der Waals surface area contributed by atoms with Crippen molar-refractivity contribution in [2.24, 2.45) is 0 Å². The Morgan fingerprint density at radius 3 is 2.12 bits per heavy atom. The molecule has 1 atom stereocenters. The molecule has 0 radical (unpaired) electrons. The van der Waals surface area contributed by atoms with Gasteiger partial charge < -0.3 is 9.88 Å². The molecular weight excluding hydrogens is 367 g/mol. The monoisotopic (exact) mass is 380 g/mol. The van der Waals surface area contributed by atoms with E-state index in [2.05, 4.69) is 10.2 Å². The van der Waals surface area contributed by atoms with E-state index in [4.69, 9.17) is 0 Å². The summed E-state index contributed by atoms with van der Waals surface area (Å²) in [5.74, 6) is -11.1. The van der Waals surface area contributed by atoms with E-state index in [1.165, 1.54) is 6.92 Å². The van der Waals surface area contributed by atoms with Gasteiger partial charge in [0.2, 0.25) is 11.7 Å². The van der Waals surface area contributed by atoms with Crippen molar-refractivity contribution in [2.45, 2.75) is 37.7 Å². The average Bonchev–Trinajstić information content (AvgIpc) is 2.94. The van der Waals surface area contributed by atoms with Crippen LogP contribution in [0, 0.1) is 36.0 Å². The Morgan fingerprint density at radius 1 is 1.08 bits per heavy atom. The van der Waals surface area contributed by atoms with Crippen LogP contribution in [-0.2, 0) is 11.3 Å². The van der Waals surface area contributed by atoms with E-state index < -0.39 is 45.9 Å². The van der Waals surface area contributed by atoms with Crippen molar-refractivity contribution in [3.8, 4) is 0 Å². The molecule has 2 rings (SSSR count). The SMILES string of the molecule is CCn1c(C)nnc1SC(C)C(=O)Nc1c(F)c(F)c(F)c(F)c1F. The highest BCUT2D eigenvalue weighted by Gasteiger charge is 2.28. The molecule has 0 bridgehead atoms. The fourth-order valence-electron chi connectivity index (χ4n) is 1.96. The topological polar surface area (TPSA) is 59.8 Å². The Morgan fingerprint density at radius 2 is 1.60 bits per heavy atom. The molecule has 0 aliphatic heterocycles. The van der Waals surface area contributed by atoms with Gasteiger partial charge in [-0.25, -0.2) is 22.0 Å². The van der Waals surface area contributed by atoms with Crippen molar-refractivity contribution >= 4 is 23.4 Å². The maximum absolute atomic E-state index is 13.6. The minimum Gasteiger partial charge on any atom is -0.320 e. The lowest BCUT2D eigenvalue weighted by Crippen LogP contribution is -2.25. The number of rotatable bonds is 5. The third-order valence-electron chi connectivity index (χ3n) is 3.33. The lowest BCUT2D eigenvalue weighted by Gasteiger charge is -2.14. The number of halogens is 5. The normalized spacial score (nSPS) is 12.3. The van der Waals surface area contributed by atoms with Crippen LogP contribution in [-0.4, -0.2) is 25.9 Å². The molecule has 1 heterocycles. The van der Waals surface area contributed by atoms with E-state index in [1.54, 1.807) is 16.8 Å². The van der Waals surface area contributed by atoms with Crippen LogP contribution in [0.4, 0.5) is 27.6 Å². The van der Waals surface area contributed by atoms with Crippen LogP contribution in [0.15, 0.2) is 5.16 Å². The van der Waals surface area contributed by atoms with Crippen molar-refractivity contribution in [1.29, 1.82) is 0 Å². The summed E-state index contributed by atoms with van der Waals surface area (Å²) in [5, 5.41) is 8.91. The Bertz CT molecular complexity index is 797. The smallest absolute Gasteiger partial charge is 0.237 e. The van der Waals surface area contributed by atoms with Crippen molar-refractivity contribution in [2.75, 3.05) is 5.32 Å². The predicted molar refractivity (Wildman–Crippen MR) is 80.6 cm³/mol. The van der Waals surface area contributed by atoms with E-state index in [1.807, 2.05) is 6.92 Å². The van der Waals surface area contributed by atoms with Gasteiger partial charge in [-0.1, -0.05) is 11.8 Å². The van der Waals surface area contributed by atoms with Crippen molar-refractivity contribution < 1.29 is 26.7 Å². The molecule has 0 aliphatic rings. The summed E-state index contributed by atoms with van der Waals surface area (Å²) in [6.07, 6.45) is 0. The number of carbonyl (C=O) groups excluding carboxylic acids is 1. The van der Waals surface area contributed by atoms with E-state index >= 15 is 0 Å². The summed E-state index contributed by atoms with van der Waals surface area (Å²) in [4.78, 5) is 12.1. The number of hydrogen-bond donors (Lipinski definition) is 1. The fraction of sp³-hybridized carbons (Fsp3) is 0.357. The van der Waals surface area contributed by atoms with Gasteiger partial charge in [0, 0.05) is 6.54 Å². The maximum Gasteiger partial charge on any atom is 0.237 e. The molecule has 0 fully saturated rings. The predicted octanol–water partition coefficient (Wildman–Crippen LogP) is 3.42. The average molecular weight is 380 g/mol. The quantitative estimate of drug-likeness (QED) is 0.374. The van der Waals surface area contributed by atoms with Gasteiger partial charge in [0.25, 0.3) is 0 Å². The number of nitrogens with zero attached hydrogens (tertiary/aromatic N) is 3. The van der Waals surface area contributed by atoms with Crippen LogP contribution in [0.3, 0.4) is 0 Å². The number of anilines is 1. The highest BCUT2D eigenvalue weighted by atomic mass is 32.2. The number of thioether (sulfide) groups is 1.